The van der Waals surface area contributed by atoms with Crippen LogP contribution >= 0.6 is 0 Å². The second kappa shape index (κ2) is 5.18. The Hall–Kier alpha value is -2.40. The first kappa shape index (κ1) is 13.6. The molecule has 2 aromatic heterocycles. The topological polar surface area (TPSA) is 61.7 Å². The van der Waals surface area contributed by atoms with Crippen LogP contribution in [0.15, 0.2) is 36.5 Å². The SMILES string of the molecule is Cc1cc(C)n(-c2ccc(-c3cnn(C)c3CN)cc2)n1. The fraction of sp³-hybridized carbons (Fsp3) is 0.250. The first-order valence-electron chi connectivity index (χ1n) is 6.95. The van der Waals surface area contributed by atoms with Crippen molar-refractivity contribution in [1.29, 1.82) is 0 Å². The van der Waals surface area contributed by atoms with E-state index in [1.165, 1.54) is 0 Å². The molecule has 0 unspecified atom stereocenters. The van der Waals surface area contributed by atoms with Gasteiger partial charge in [-0.1, -0.05) is 12.1 Å². The highest BCUT2D eigenvalue weighted by Gasteiger charge is 2.10. The molecule has 0 saturated carbocycles. The Morgan fingerprint density at radius 2 is 1.86 bits per heavy atom. The fourth-order valence-corrected chi connectivity index (χ4v) is 2.62. The summed E-state index contributed by atoms with van der Waals surface area (Å²) >= 11 is 0. The standard InChI is InChI=1S/C16H19N5/c1-11-8-12(2)21(19-11)14-6-4-13(5-7-14)15-10-18-20(3)16(15)9-17/h4-8,10H,9,17H2,1-3H3. The number of aryl methyl sites for hydroxylation is 3. The van der Waals surface area contributed by atoms with Crippen molar-refractivity contribution in [3.63, 3.8) is 0 Å². The Labute approximate surface area is 124 Å². The molecular weight excluding hydrogens is 262 g/mol. The molecule has 0 spiro atoms. The van der Waals surface area contributed by atoms with Gasteiger partial charge in [-0.2, -0.15) is 10.2 Å². The lowest BCUT2D eigenvalue weighted by atomic mass is 10.1. The second-order valence-corrected chi connectivity index (χ2v) is 5.22. The van der Waals surface area contributed by atoms with Crippen LogP contribution in [-0.2, 0) is 13.6 Å². The first-order valence-corrected chi connectivity index (χ1v) is 6.95. The molecule has 0 bridgehead atoms. The van der Waals surface area contributed by atoms with Crippen LogP contribution in [-0.4, -0.2) is 19.6 Å². The number of hydrogen-bond acceptors (Lipinski definition) is 3. The summed E-state index contributed by atoms with van der Waals surface area (Å²) in [5.74, 6) is 0. The Kier molecular flexibility index (Phi) is 3.35. The zero-order valence-electron chi connectivity index (χ0n) is 12.5. The first-order chi connectivity index (χ1) is 10.1. The van der Waals surface area contributed by atoms with Crippen molar-refractivity contribution >= 4 is 0 Å². The van der Waals surface area contributed by atoms with E-state index in [1.54, 1.807) is 0 Å². The Morgan fingerprint density at radius 3 is 2.43 bits per heavy atom. The Balaban J connectivity index is 1.99. The van der Waals surface area contributed by atoms with E-state index in [9.17, 15) is 0 Å². The molecule has 0 aliphatic rings. The Morgan fingerprint density at radius 1 is 1.14 bits per heavy atom. The van der Waals surface area contributed by atoms with E-state index in [2.05, 4.69) is 47.5 Å². The molecule has 0 aliphatic carbocycles. The van der Waals surface area contributed by atoms with E-state index in [0.717, 1.165) is 33.9 Å². The van der Waals surface area contributed by atoms with Crippen molar-refractivity contribution in [2.75, 3.05) is 0 Å². The van der Waals surface area contributed by atoms with Gasteiger partial charge in [-0.15, -0.1) is 0 Å². The van der Waals surface area contributed by atoms with Crippen LogP contribution in [0, 0.1) is 13.8 Å². The van der Waals surface area contributed by atoms with Crippen molar-refractivity contribution in [2.45, 2.75) is 20.4 Å². The van der Waals surface area contributed by atoms with Crippen molar-refractivity contribution < 1.29 is 0 Å². The van der Waals surface area contributed by atoms with Gasteiger partial charge in [0.05, 0.1) is 23.3 Å². The number of benzene rings is 1. The van der Waals surface area contributed by atoms with Crippen molar-refractivity contribution in [3.8, 4) is 16.8 Å². The maximum Gasteiger partial charge on any atom is 0.0649 e. The van der Waals surface area contributed by atoms with Gasteiger partial charge < -0.3 is 5.73 Å². The third-order valence-electron chi connectivity index (χ3n) is 3.69. The molecule has 0 fully saturated rings. The minimum Gasteiger partial charge on any atom is -0.325 e. The number of hydrogen-bond donors (Lipinski definition) is 1. The average Bonchev–Trinajstić information content (AvgIpc) is 3.01. The van der Waals surface area contributed by atoms with Gasteiger partial charge in [-0.3, -0.25) is 4.68 Å². The molecule has 3 rings (SSSR count). The third-order valence-corrected chi connectivity index (χ3v) is 3.69. The molecule has 5 nitrogen and oxygen atoms in total. The molecule has 21 heavy (non-hydrogen) atoms. The zero-order chi connectivity index (χ0) is 15.0. The van der Waals surface area contributed by atoms with Crippen LogP contribution in [0.2, 0.25) is 0 Å². The molecule has 3 aromatic rings. The predicted octanol–water partition coefficient (Wildman–Crippen LogP) is 2.35. The number of nitrogens with zero attached hydrogens (tertiary/aromatic N) is 4. The highest BCUT2D eigenvalue weighted by Crippen LogP contribution is 2.24. The monoisotopic (exact) mass is 281 g/mol. The second-order valence-electron chi connectivity index (χ2n) is 5.22. The molecule has 0 aliphatic heterocycles. The predicted molar refractivity (Wildman–Crippen MR) is 83.1 cm³/mol. The smallest absolute Gasteiger partial charge is 0.0649 e. The van der Waals surface area contributed by atoms with Crippen LogP contribution in [0.5, 0.6) is 0 Å². The maximum absolute atomic E-state index is 5.80. The summed E-state index contributed by atoms with van der Waals surface area (Å²) in [5.41, 5.74) is 12.2. The quantitative estimate of drug-likeness (QED) is 0.801. The summed E-state index contributed by atoms with van der Waals surface area (Å²) < 4.78 is 3.77. The largest absolute Gasteiger partial charge is 0.325 e. The van der Waals surface area contributed by atoms with Gasteiger partial charge in [-0.05, 0) is 37.6 Å². The van der Waals surface area contributed by atoms with Crippen LogP contribution in [0.1, 0.15) is 17.1 Å². The highest BCUT2D eigenvalue weighted by atomic mass is 15.3. The van der Waals surface area contributed by atoms with E-state index in [4.69, 9.17) is 5.73 Å². The number of nitrogens with two attached hydrogens (primary N) is 1. The van der Waals surface area contributed by atoms with Gasteiger partial charge in [-0.25, -0.2) is 4.68 Å². The summed E-state index contributed by atoms with van der Waals surface area (Å²) in [4.78, 5) is 0. The minimum absolute atomic E-state index is 0.477. The molecule has 108 valence electrons. The molecule has 0 amide bonds. The van der Waals surface area contributed by atoms with E-state index < -0.39 is 0 Å². The molecule has 0 saturated heterocycles. The third kappa shape index (κ3) is 2.36. The van der Waals surface area contributed by atoms with Crippen LogP contribution < -0.4 is 5.73 Å². The van der Waals surface area contributed by atoms with E-state index in [1.807, 2.05) is 29.5 Å². The lowest BCUT2D eigenvalue weighted by Gasteiger charge is -2.07. The number of aromatic nitrogens is 4. The molecular formula is C16H19N5. The summed E-state index contributed by atoms with van der Waals surface area (Å²) in [6, 6.07) is 10.4. The normalized spacial score (nSPS) is 11.0. The van der Waals surface area contributed by atoms with Crippen LogP contribution in [0.4, 0.5) is 0 Å². The lowest BCUT2D eigenvalue weighted by Crippen LogP contribution is -2.05. The summed E-state index contributed by atoms with van der Waals surface area (Å²) in [6.07, 6.45) is 1.86. The van der Waals surface area contributed by atoms with Gasteiger partial charge in [0.15, 0.2) is 0 Å². The van der Waals surface area contributed by atoms with E-state index in [-0.39, 0.29) is 0 Å². The van der Waals surface area contributed by atoms with Crippen molar-refractivity contribution in [1.82, 2.24) is 19.6 Å². The minimum atomic E-state index is 0.477. The van der Waals surface area contributed by atoms with Gasteiger partial charge in [0.1, 0.15) is 0 Å². The van der Waals surface area contributed by atoms with Crippen molar-refractivity contribution in [3.05, 3.63) is 53.6 Å². The summed E-state index contributed by atoms with van der Waals surface area (Å²) in [6.45, 7) is 4.54. The molecule has 1 aromatic carbocycles. The molecule has 0 atom stereocenters. The van der Waals surface area contributed by atoms with E-state index in [0.29, 0.717) is 6.54 Å². The van der Waals surface area contributed by atoms with Crippen LogP contribution in [0.25, 0.3) is 16.8 Å². The maximum atomic E-state index is 5.80. The molecule has 0 radical (unpaired) electrons. The molecule has 5 heteroatoms. The Bertz CT molecular complexity index is 765. The van der Waals surface area contributed by atoms with Crippen LogP contribution in [0.3, 0.4) is 0 Å². The zero-order valence-corrected chi connectivity index (χ0v) is 12.5. The fourth-order valence-electron chi connectivity index (χ4n) is 2.62. The summed E-state index contributed by atoms with van der Waals surface area (Å²) in [7, 11) is 1.91. The molecule has 2 N–H and O–H groups in total. The van der Waals surface area contributed by atoms with Gasteiger partial charge in [0.25, 0.3) is 0 Å². The molecule has 2 heterocycles. The lowest BCUT2D eigenvalue weighted by molar-refractivity contribution is 0.713. The van der Waals surface area contributed by atoms with Crippen molar-refractivity contribution in [2.24, 2.45) is 12.8 Å². The van der Waals surface area contributed by atoms with E-state index >= 15 is 0 Å². The summed E-state index contributed by atoms with van der Waals surface area (Å²) in [5, 5.41) is 8.78. The van der Waals surface area contributed by atoms with Gasteiger partial charge >= 0.3 is 0 Å². The van der Waals surface area contributed by atoms with Gasteiger partial charge in [0.2, 0.25) is 0 Å². The average molecular weight is 281 g/mol. The van der Waals surface area contributed by atoms with Gasteiger partial charge in [0, 0.05) is 24.8 Å². The number of rotatable bonds is 3. The highest BCUT2D eigenvalue weighted by molar-refractivity contribution is 5.66.